The highest BCUT2D eigenvalue weighted by Gasteiger charge is 2.19. The molecule has 0 N–H and O–H groups in total. The van der Waals surface area contributed by atoms with Crippen LogP contribution in [0.25, 0.3) is 0 Å². The maximum atomic E-state index is 12.6. The largest absolute Gasteiger partial charge is 0.266 e. The van der Waals surface area contributed by atoms with Crippen LogP contribution in [0.2, 0.25) is 0 Å². The van der Waals surface area contributed by atoms with E-state index in [0.717, 1.165) is 0 Å². The Morgan fingerprint density at radius 3 is 2.64 bits per heavy atom. The van der Waals surface area contributed by atoms with Crippen LogP contribution >= 0.6 is 31.9 Å². The Balaban J connectivity index is 3.42. The minimum absolute atomic E-state index is 0.233. The zero-order valence-electron chi connectivity index (χ0n) is 6.77. The molecule has 0 saturated heterocycles. The predicted molar refractivity (Wildman–Crippen MR) is 54.2 cm³/mol. The molecule has 14 heavy (non-hydrogen) atoms. The number of alkyl halides is 3. The lowest BCUT2D eigenvalue weighted by atomic mass is 10.1. The first-order valence-electron chi connectivity index (χ1n) is 3.53. The molecule has 0 unspecified atom stereocenters. The van der Waals surface area contributed by atoms with Crippen molar-refractivity contribution < 1.29 is 8.78 Å². The first-order chi connectivity index (χ1) is 6.60. The highest BCUT2D eigenvalue weighted by atomic mass is 79.9. The molecular weight excluding hydrogens is 322 g/mol. The fourth-order valence-corrected chi connectivity index (χ4v) is 1.93. The summed E-state index contributed by atoms with van der Waals surface area (Å²) in [6.07, 6.45) is -2.68. The molecule has 0 saturated carbocycles. The van der Waals surface area contributed by atoms with Gasteiger partial charge in [0.25, 0.3) is 6.43 Å². The SMILES string of the molecule is N#Cc1nc(Br)cc(CBr)c1C(F)F. The van der Waals surface area contributed by atoms with E-state index < -0.39 is 6.43 Å². The molecule has 0 atom stereocenters. The minimum Gasteiger partial charge on any atom is -0.230 e. The van der Waals surface area contributed by atoms with E-state index in [-0.39, 0.29) is 16.6 Å². The summed E-state index contributed by atoms with van der Waals surface area (Å²) in [4.78, 5) is 3.68. The van der Waals surface area contributed by atoms with Crippen molar-refractivity contribution >= 4 is 31.9 Å². The molecule has 2 nitrogen and oxygen atoms in total. The van der Waals surface area contributed by atoms with E-state index in [4.69, 9.17) is 5.26 Å². The van der Waals surface area contributed by atoms with Crippen molar-refractivity contribution in [1.29, 1.82) is 5.26 Å². The number of halogens is 4. The second-order valence-corrected chi connectivity index (χ2v) is 3.79. The monoisotopic (exact) mass is 324 g/mol. The Labute approximate surface area is 96.2 Å². The molecule has 1 heterocycles. The molecule has 6 heteroatoms. The Morgan fingerprint density at radius 2 is 2.21 bits per heavy atom. The first kappa shape index (κ1) is 11.5. The summed E-state index contributed by atoms with van der Waals surface area (Å²) in [5.74, 6) is 0. The van der Waals surface area contributed by atoms with Gasteiger partial charge in [-0.25, -0.2) is 13.8 Å². The lowest BCUT2D eigenvalue weighted by molar-refractivity contribution is 0.149. The summed E-state index contributed by atoms with van der Waals surface area (Å²) < 4.78 is 25.5. The summed E-state index contributed by atoms with van der Waals surface area (Å²) in [6.45, 7) is 0. The van der Waals surface area contributed by atoms with Crippen molar-refractivity contribution in [3.8, 4) is 6.07 Å². The molecule has 0 aliphatic heterocycles. The van der Waals surface area contributed by atoms with Crippen LogP contribution in [0.15, 0.2) is 10.7 Å². The van der Waals surface area contributed by atoms with Gasteiger partial charge in [-0.1, -0.05) is 15.9 Å². The lowest BCUT2D eigenvalue weighted by Gasteiger charge is -2.07. The number of nitrogens with zero attached hydrogens (tertiary/aromatic N) is 2. The van der Waals surface area contributed by atoms with Crippen LogP contribution < -0.4 is 0 Å². The second-order valence-electron chi connectivity index (χ2n) is 2.41. The summed E-state index contributed by atoms with van der Waals surface area (Å²) >= 11 is 6.13. The molecule has 0 fully saturated rings. The highest BCUT2D eigenvalue weighted by molar-refractivity contribution is 9.10. The standard InChI is InChI=1S/C8H4Br2F2N2/c9-2-4-1-6(10)14-5(3-13)7(4)8(11)12/h1,8H,2H2. The van der Waals surface area contributed by atoms with Gasteiger partial charge in [0.15, 0.2) is 5.69 Å². The van der Waals surface area contributed by atoms with Crippen LogP contribution in [0.5, 0.6) is 0 Å². The molecule has 0 bridgehead atoms. The third-order valence-corrected chi connectivity index (χ3v) is 2.59. The van der Waals surface area contributed by atoms with E-state index in [1.54, 1.807) is 6.07 Å². The molecule has 0 radical (unpaired) electrons. The van der Waals surface area contributed by atoms with Gasteiger partial charge in [0.1, 0.15) is 10.7 Å². The quantitative estimate of drug-likeness (QED) is 0.616. The van der Waals surface area contributed by atoms with Crippen molar-refractivity contribution in [2.24, 2.45) is 0 Å². The molecule has 74 valence electrons. The molecule has 1 aromatic rings. The molecule has 0 aliphatic rings. The van der Waals surface area contributed by atoms with Crippen LogP contribution in [0.1, 0.15) is 23.2 Å². The summed E-state index contributed by atoms with van der Waals surface area (Å²) in [7, 11) is 0. The van der Waals surface area contributed by atoms with E-state index in [9.17, 15) is 8.78 Å². The molecular formula is C8H4Br2F2N2. The van der Waals surface area contributed by atoms with Gasteiger partial charge in [-0.05, 0) is 27.6 Å². The minimum atomic E-state index is -2.68. The molecule has 0 aromatic carbocycles. The average molecular weight is 326 g/mol. The third-order valence-electron chi connectivity index (χ3n) is 1.58. The average Bonchev–Trinajstić information content (AvgIpc) is 2.15. The number of hydrogen-bond acceptors (Lipinski definition) is 2. The first-order valence-corrected chi connectivity index (χ1v) is 5.45. The van der Waals surface area contributed by atoms with Gasteiger partial charge in [0.2, 0.25) is 0 Å². The van der Waals surface area contributed by atoms with Crippen molar-refractivity contribution in [3.05, 3.63) is 27.5 Å². The van der Waals surface area contributed by atoms with Gasteiger partial charge in [-0.2, -0.15) is 5.26 Å². The van der Waals surface area contributed by atoms with Gasteiger partial charge in [0, 0.05) is 5.33 Å². The van der Waals surface area contributed by atoms with Gasteiger partial charge >= 0.3 is 0 Å². The number of pyridine rings is 1. The molecule has 1 rings (SSSR count). The molecule has 0 aliphatic carbocycles. The van der Waals surface area contributed by atoms with Gasteiger partial charge in [-0.3, -0.25) is 0 Å². The van der Waals surface area contributed by atoms with E-state index in [2.05, 4.69) is 36.8 Å². The fourth-order valence-electron chi connectivity index (χ4n) is 1.01. The van der Waals surface area contributed by atoms with Gasteiger partial charge < -0.3 is 0 Å². The maximum absolute atomic E-state index is 12.6. The van der Waals surface area contributed by atoms with Crippen molar-refractivity contribution in [2.75, 3.05) is 0 Å². The summed E-state index contributed by atoms with van der Waals surface area (Å²) in [5.41, 5.74) is -0.158. The second kappa shape index (κ2) is 4.80. The van der Waals surface area contributed by atoms with Crippen LogP contribution in [0.3, 0.4) is 0 Å². The van der Waals surface area contributed by atoms with Crippen LogP contribution in [0, 0.1) is 11.3 Å². The van der Waals surface area contributed by atoms with E-state index in [1.807, 2.05) is 0 Å². The van der Waals surface area contributed by atoms with Crippen LogP contribution in [-0.4, -0.2) is 4.98 Å². The number of hydrogen-bond donors (Lipinski definition) is 0. The zero-order valence-corrected chi connectivity index (χ0v) is 9.94. The zero-order chi connectivity index (χ0) is 10.7. The van der Waals surface area contributed by atoms with Gasteiger partial charge in [-0.15, -0.1) is 0 Å². The fraction of sp³-hybridized carbons (Fsp3) is 0.250. The van der Waals surface area contributed by atoms with Crippen LogP contribution in [0.4, 0.5) is 8.78 Å². The van der Waals surface area contributed by atoms with Crippen molar-refractivity contribution in [2.45, 2.75) is 11.8 Å². The maximum Gasteiger partial charge on any atom is 0.266 e. The van der Waals surface area contributed by atoms with Crippen molar-refractivity contribution in [1.82, 2.24) is 4.98 Å². The lowest BCUT2D eigenvalue weighted by Crippen LogP contribution is -2.00. The molecule has 0 amide bonds. The highest BCUT2D eigenvalue weighted by Crippen LogP contribution is 2.28. The van der Waals surface area contributed by atoms with E-state index in [0.29, 0.717) is 10.2 Å². The number of aromatic nitrogens is 1. The number of nitriles is 1. The van der Waals surface area contributed by atoms with E-state index >= 15 is 0 Å². The Kier molecular flexibility index (Phi) is 3.96. The third kappa shape index (κ3) is 2.28. The number of rotatable bonds is 2. The Bertz CT molecular complexity index is 388. The van der Waals surface area contributed by atoms with E-state index in [1.165, 1.54) is 6.07 Å². The Morgan fingerprint density at radius 1 is 1.57 bits per heavy atom. The Hall–Kier alpha value is -0.540. The van der Waals surface area contributed by atoms with Crippen LogP contribution in [-0.2, 0) is 5.33 Å². The molecule has 0 spiro atoms. The predicted octanol–water partition coefficient (Wildman–Crippen LogP) is 3.55. The summed E-state index contributed by atoms with van der Waals surface area (Å²) in [5, 5.41) is 8.90. The topological polar surface area (TPSA) is 36.7 Å². The normalized spacial score (nSPS) is 10.3. The summed E-state index contributed by atoms with van der Waals surface area (Å²) in [6, 6.07) is 3.12. The molecule has 1 aromatic heterocycles. The smallest absolute Gasteiger partial charge is 0.230 e. The van der Waals surface area contributed by atoms with Gasteiger partial charge in [0.05, 0.1) is 5.56 Å². The van der Waals surface area contributed by atoms with Crippen molar-refractivity contribution in [3.63, 3.8) is 0 Å².